The highest BCUT2D eigenvalue weighted by molar-refractivity contribution is 6.07. The molecule has 248 valence electrons. The van der Waals surface area contributed by atoms with Crippen LogP contribution < -0.4 is 21.4 Å². The summed E-state index contributed by atoms with van der Waals surface area (Å²) in [5.41, 5.74) is 6.24. The number of amides is 2. The first kappa shape index (κ1) is 33.5. The molecule has 1 saturated heterocycles. The molecule has 1 fully saturated rings. The van der Waals surface area contributed by atoms with Gasteiger partial charge in [-0.05, 0) is 67.6 Å². The Morgan fingerprint density at radius 2 is 1.79 bits per heavy atom. The average molecular weight is 647 g/mol. The van der Waals surface area contributed by atoms with Crippen LogP contribution in [-0.2, 0) is 14.2 Å². The Morgan fingerprint density at radius 1 is 1.06 bits per heavy atom. The van der Waals surface area contributed by atoms with Gasteiger partial charge in [0, 0.05) is 18.2 Å². The van der Waals surface area contributed by atoms with Gasteiger partial charge in [-0.15, -0.1) is 0 Å². The van der Waals surface area contributed by atoms with E-state index in [2.05, 4.69) is 19.2 Å². The number of aryl methyl sites for hydroxylation is 1. The fourth-order valence-corrected chi connectivity index (χ4v) is 5.95. The number of anilines is 1. The highest BCUT2D eigenvalue weighted by atomic mass is 16.7. The van der Waals surface area contributed by atoms with Crippen LogP contribution in [0.4, 0.5) is 10.5 Å². The molecule has 1 aromatic heterocycles. The van der Waals surface area contributed by atoms with E-state index < -0.39 is 59.3 Å². The Labute approximate surface area is 271 Å². The van der Waals surface area contributed by atoms with Crippen LogP contribution in [0.3, 0.4) is 0 Å². The number of rotatable bonds is 8. The molecule has 1 aliphatic rings. The number of aliphatic hydroxyl groups excluding tert-OH is 1. The molecule has 1 aliphatic heterocycles. The van der Waals surface area contributed by atoms with Crippen molar-refractivity contribution >= 4 is 28.7 Å². The molecule has 0 radical (unpaired) electrons. The fourth-order valence-electron chi connectivity index (χ4n) is 5.95. The number of hydrogen-bond acceptors (Lipinski definition) is 10. The van der Waals surface area contributed by atoms with Crippen LogP contribution in [0.2, 0.25) is 0 Å². The summed E-state index contributed by atoms with van der Waals surface area (Å²) < 4.78 is 28.1. The first-order valence-corrected chi connectivity index (χ1v) is 15.0. The van der Waals surface area contributed by atoms with Crippen molar-refractivity contribution in [3.8, 4) is 22.6 Å². The van der Waals surface area contributed by atoms with Gasteiger partial charge in [-0.2, -0.15) is 0 Å². The highest BCUT2D eigenvalue weighted by Crippen LogP contribution is 2.39. The third-order valence-electron chi connectivity index (χ3n) is 8.27. The van der Waals surface area contributed by atoms with Crippen LogP contribution in [0, 0.1) is 6.92 Å². The van der Waals surface area contributed by atoms with Crippen molar-refractivity contribution in [1.82, 2.24) is 0 Å². The Bertz CT molecular complexity index is 1880. The van der Waals surface area contributed by atoms with E-state index in [1.807, 2.05) is 30.3 Å². The van der Waals surface area contributed by atoms with Crippen LogP contribution in [0.25, 0.3) is 22.1 Å². The lowest BCUT2D eigenvalue weighted by atomic mass is 9.89. The van der Waals surface area contributed by atoms with E-state index in [9.17, 15) is 24.6 Å². The second-order valence-corrected chi connectivity index (χ2v) is 12.2. The maximum atomic E-state index is 13.3. The molecule has 12 heteroatoms. The second kappa shape index (κ2) is 13.1. The normalized spacial score (nSPS) is 20.6. The molecule has 12 nitrogen and oxygen atoms in total. The molecule has 4 atom stereocenters. The van der Waals surface area contributed by atoms with Gasteiger partial charge in [0.05, 0.1) is 11.0 Å². The molecule has 4 aromatic rings. The molecule has 2 heterocycles. The number of nitrogens with two attached hydrogens (primary N) is 1. The number of carbonyl (C=O) groups excluding carboxylic acids is 2. The summed E-state index contributed by atoms with van der Waals surface area (Å²) in [4.78, 5) is 38.0. The van der Waals surface area contributed by atoms with Crippen molar-refractivity contribution in [3.63, 3.8) is 0 Å². The highest BCUT2D eigenvalue weighted by Gasteiger charge is 2.53. The standard InChI is InChI=1S/C35H38N2O10/c1-17(2)21-12-7-8-13-22(21)19-10-9-11-20(16-19)31(40)37-25-26(38)23-14-15-24(18(3)28(23)45-32(25)41)44-33-27(39)29(46-34(36)42)30(43-6)35(4,5)47-33/h7-17,27,29-30,33,38-39H,1-6H3,(H2,36,42)(H,37,40)/t27-,29+,30-,33-/m1/s1. The molecule has 0 spiro atoms. The summed E-state index contributed by atoms with van der Waals surface area (Å²) in [6, 6.07) is 17.8. The lowest BCUT2D eigenvalue weighted by Crippen LogP contribution is -2.65. The van der Waals surface area contributed by atoms with E-state index in [1.165, 1.54) is 19.2 Å². The van der Waals surface area contributed by atoms with E-state index in [1.54, 1.807) is 39.0 Å². The van der Waals surface area contributed by atoms with E-state index in [0.717, 1.165) is 16.7 Å². The van der Waals surface area contributed by atoms with Gasteiger partial charge in [0.2, 0.25) is 6.29 Å². The molecule has 0 unspecified atom stereocenters. The van der Waals surface area contributed by atoms with Crippen molar-refractivity contribution in [2.75, 3.05) is 12.4 Å². The van der Waals surface area contributed by atoms with Gasteiger partial charge in [-0.25, -0.2) is 9.59 Å². The molecular formula is C35H38N2O10. The predicted octanol–water partition coefficient (Wildman–Crippen LogP) is 5.20. The molecule has 3 aromatic carbocycles. The summed E-state index contributed by atoms with van der Waals surface area (Å²) in [6.45, 7) is 9.10. The lowest BCUT2D eigenvalue weighted by Gasteiger charge is -2.47. The lowest BCUT2D eigenvalue weighted by molar-refractivity contribution is -0.304. The maximum Gasteiger partial charge on any atom is 0.404 e. The van der Waals surface area contributed by atoms with E-state index in [4.69, 9.17) is 29.1 Å². The number of aliphatic hydroxyl groups is 1. The van der Waals surface area contributed by atoms with E-state index in [0.29, 0.717) is 5.56 Å². The summed E-state index contributed by atoms with van der Waals surface area (Å²) in [6.07, 6.45) is -6.06. The number of carbonyl (C=O) groups is 2. The molecule has 5 N–H and O–H groups in total. The summed E-state index contributed by atoms with van der Waals surface area (Å²) in [7, 11) is 1.38. The Balaban J connectivity index is 1.42. The molecule has 0 bridgehead atoms. The zero-order valence-electron chi connectivity index (χ0n) is 26.9. The van der Waals surface area contributed by atoms with Gasteiger partial charge >= 0.3 is 11.7 Å². The fraction of sp³-hybridized carbons (Fsp3) is 0.343. The van der Waals surface area contributed by atoms with Crippen molar-refractivity contribution in [1.29, 1.82) is 0 Å². The van der Waals surface area contributed by atoms with Crippen LogP contribution in [0.15, 0.2) is 69.9 Å². The van der Waals surface area contributed by atoms with Crippen molar-refractivity contribution in [3.05, 3.63) is 87.8 Å². The smallest absolute Gasteiger partial charge is 0.404 e. The Kier molecular flexibility index (Phi) is 9.30. The second-order valence-electron chi connectivity index (χ2n) is 12.2. The molecule has 0 aliphatic carbocycles. The number of benzene rings is 3. The number of primary amides is 1. The Hall–Kier alpha value is -4.91. The van der Waals surface area contributed by atoms with Gasteiger partial charge in [0.1, 0.15) is 17.4 Å². The first-order valence-electron chi connectivity index (χ1n) is 15.0. The zero-order valence-corrected chi connectivity index (χ0v) is 26.9. The topological polar surface area (TPSA) is 180 Å². The van der Waals surface area contributed by atoms with Gasteiger partial charge in [-0.1, -0.05) is 50.2 Å². The predicted molar refractivity (Wildman–Crippen MR) is 174 cm³/mol. The molecule has 5 rings (SSSR count). The van der Waals surface area contributed by atoms with Gasteiger partial charge in [0.15, 0.2) is 23.6 Å². The monoisotopic (exact) mass is 646 g/mol. The number of methoxy groups -OCH3 is 1. The third-order valence-corrected chi connectivity index (χ3v) is 8.27. The van der Waals surface area contributed by atoms with E-state index in [-0.39, 0.29) is 28.2 Å². The molecule has 2 amide bonds. The third kappa shape index (κ3) is 6.53. The minimum atomic E-state index is -1.51. The molecule has 0 saturated carbocycles. The maximum absolute atomic E-state index is 13.3. The number of fused-ring (bicyclic) bond motifs is 1. The largest absolute Gasteiger partial charge is 0.505 e. The van der Waals surface area contributed by atoms with Crippen molar-refractivity contribution in [2.24, 2.45) is 5.73 Å². The summed E-state index contributed by atoms with van der Waals surface area (Å²) >= 11 is 0. The quantitative estimate of drug-likeness (QED) is 0.186. The zero-order chi connectivity index (χ0) is 34.2. The summed E-state index contributed by atoms with van der Waals surface area (Å²) in [5, 5.41) is 24.7. The van der Waals surface area contributed by atoms with Gasteiger partial charge < -0.3 is 44.6 Å². The first-order chi connectivity index (χ1) is 22.2. The van der Waals surface area contributed by atoms with Crippen LogP contribution >= 0.6 is 0 Å². The number of hydrogen-bond donors (Lipinski definition) is 4. The number of nitrogens with one attached hydrogen (secondary N) is 1. The Morgan fingerprint density at radius 3 is 2.47 bits per heavy atom. The van der Waals surface area contributed by atoms with Crippen LogP contribution in [-0.4, -0.2) is 59.5 Å². The van der Waals surface area contributed by atoms with Crippen LogP contribution in [0.5, 0.6) is 11.5 Å². The van der Waals surface area contributed by atoms with Crippen molar-refractivity contribution < 1.29 is 43.2 Å². The van der Waals surface area contributed by atoms with Crippen LogP contribution in [0.1, 0.15) is 55.1 Å². The van der Waals surface area contributed by atoms with Gasteiger partial charge in [-0.3, -0.25) is 4.79 Å². The molecular weight excluding hydrogens is 608 g/mol. The van der Waals surface area contributed by atoms with Gasteiger partial charge in [0.25, 0.3) is 5.91 Å². The summed E-state index contributed by atoms with van der Waals surface area (Å²) in [5.74, 6) is -0.696. The SMILES string of the molecule is CO[C@@H]1[C@@H](OC(N)=O)[C@@H](O)[C@H](Oc2ccc3c(O)c(NC(=O)c4cccc(-c5ccccc5C(C)C)c4)c(=O)oc3c2C)OC1(C)C. The number of aromatic hydroxyl groups is 1. The van der Waals surface area contributed by atoms with E-state index >= 15 is 0 Å². The van der Waals surface area contributed by atoms with Crippen molar-refractivity contribution in [2.45, 2.75) is 70.7 Å². The number of ether oxygens (including phenoxy) is 4. The minimum Gasteiger partial charge on any atom is -0.505 e. The molecule has 47 heavy (non-hydrogen) atoms. The minimum absolute atomic E-state index is 0.0143. The average Bonchev–Trinajstić information content (AvgIpc) is 3.02.